The van der Waals surface area contributed by atoms with E-state index in [-0.39, 0.29) is 12.8 Å². The zero-order valence-corrected chi connectivity index (χ0v) is 18.2. The monoisotopic (exact) mass is 441 g/mol. The Hall–Kier alpha value is -2.83. The summed E-state index contributed by atoms with van der Waals surface area (Å²) in [7, 11) is 0. The van der Waals surface area contributed by atoms with Crippen LogP contribution in [0.1, 0.15) is 38.8 Å². The quantitative estimate of drug-likeness (QED) is 0.350. The fourth-order valence-electron chi connectivity index (χ4n) is 3.26. The predicted molar refractivity (Wildman–Crippen MR) is 119 cm³/mol. The Morgan fingerprint density at radius 2 is 2.07 bits per heavy atom. The summed E-state index contributed by atoms with van der Waals surface area (Å²) in [5.74, 6) is 1.09. The van der Waals surface area contributed by atoms with E-state index < -0.39 is 0 Å². The Morgan fingerprint density at radius 1 is 1.23 bits per heavy atom. The summed E-state index contributed by atoms with van der Waals surface area (Å²) in [5, 5.41) is 1.26. The number of carbonyl (C=O) groups is 1. The Bertz CT molecular complexity index is 1120. The molecule has 30 heavy (non-hydrogen) atoms. The summed E-state index contributed by atoms with van der Waals surface area (Å²) in [6.45, 7) is 4.32. The number of halogens is 1. The van der Waals surface area contributed by atoms with Gasteiger partial charge in [0.05, 0.1) is 6.61 Å². The first-order valence-corrected chi connectivity index (χ1v) is 10.7. The number of aryl methyl sites for hydroxylation is 1. The summed E-state index contributed by atoms with van der Waals surface area (Å²) in [5.41, 5.74) is 3.31. The number of ether oxygens (including phenoxy) is 3. The highest BCUT2D eigenvalue weighted by molar-refractivity contribution is 7.16. The van der Waals surface area contributed by atoms with E-state index in [9.17, 15) is 4.79 Å². The number of rotatable bonds is 6. The van der Waals surface area contributed by atoms with E-state index in [1.807, 2.05) is 49.4 Å². The Balaban J connectivity index is 1.70. The minimum Gasteiger partial charge on any atom is -0.462 e. The van der Waals surface area contributed by atoms with Gasteiger partial charge < -0.3 is 14.2 Å². The number of aliphatic imine (C=N–C) groups is 1. The molecule has 0 unspecified atom stereocenters. The van der Waals surface area contributed by atoms with Crippen molar-refractivity contribution in [3.8, 4) is 11.5 Å². The van der Waals surface area contributed by atoms with Crippen molar-refractivity contribution in [2.75, 3.05) is 13.4 Å². The number of carbonyl (C=O) groups excluding carboxylic acids is 1. The highest BCUT2D eigenvalue weighted by atomic mass is 35.5. The first-order chi connectivity index (χ1) is 14.5. The van der Waals surface area contributed by atoms with E-state index in [0.29, 0.717) is 28.6 Å². The molecule has 0 saturated carbocycles. The van der Waals surface area contributed by atoms with Crippen LogP contribution < -0.4 is 9.47 Å². The molecule has 0 aliphatic carbocycles. The average Bonchev–Trinajstić information content (AvgIpc) is 3.31. The second kappa shape index (κ2) is 8.90. The SMILES string of the molecule is CCOC(=O)c1c(N=Cc2cccc(Cl)c2)sc(C)c1Cc1ccc2c(c1)OCO2. The van der Waals surface area contributed by atoms with Crippen molar-refractivity contribution < 1.29 is 19.0 Å². The summed E-state index contributed by atoms with van der Waals surface area (Å²) in [4.78, 5) is 18.4. The number of hydrogen-bond acceptors (Lipinski definition) is 6. The van der Waals surface area contributed by atoms with Gasteiger partial charge in [0.15, 0.2) is 11.5 Å². The molecule has 0 atom stereocenters. The maximum Gasteiger partial charge on any atom is 0.341 e. The van der Waals surface area contributed by atoms with Gasteiger partial charge in [0.25, 0.3) is 0 Å². The number of esters is 1. The second-order valence-electron chi connectivity index (χ2n) is 6.72. The first-order valence-electron chi connectivity index (χ1n) is 9.52. The van der Waals surface area contributed by atoms with E-state index in [1.54, 1.807) is 13.1 Å². The molecule has 1 aliphatic rings. The highest BCUT2D eigenvalue weighted by Crippen LogP contribution is 2.39. The van der Waals surface area contributed by atoms with Crippen LogP contribution in [0, 0.1) is 6.92 Å². The lowest BCUT2D eigenvalue weighted by molar-refractivity contribution is 0.0527. The van der Waals surface area contributed by atoms with Gasteiger partial charge in [0.1, 0.15) is 10.6 Å². The highest BCUT2D eigenvalue weighted by Gasteiger charge is 2.24. The Kier molecular flexibility index (Phi) is 6.06. The van der Waals surface area contributed by atoms with Crippen molar-refractivity contribution in [1.82, 2.24) is 0 Å². The third-order valence-electron chi connectivity index (χ3n) is 4.67. The van der Waals surface area contributed by atoms with Gasteiger partial charge in [-0.05, 0) is 61.2 Å². The molecule has 0 spiro atoms. The van der Waals surface area contributed by atoms with E-state index in [0.717, 1.165) is 33.1 Å². The molecule has 0 saturated heterocycles. The molecule has 0 amide bonds. The molecular weight excluding hydrogens is 422 g/mol. The van der Waals surface area contributed by atoms with Crippen LogP contribution in [0.2, 0.25) is 5.02 Å². The fourth-order valence-corrected chi connectivity index (χ4v) is 4.46. The van der Waals surface area contributed by atoms with Crippen LogP contribution in [0.4, 0.5) is 5.00 Å². The fraction of sp³-hybridized carbons (Fsp3) is 0.217. The lowest BCUT2D eigenvalue weighted by Gasteiger charge is -2.07. The topological polar surface area (TPSA) is 57.1 Å². The van der Waals surface area contributed by atoms with E-state index in [1.165, 1.54) is 11.3 Å². The average molecular weight is 442 g/mol. The van der Waals surface area contributed by atoms with Crippen molar-refractivity contribution in [3.05, 3.63) is 74.6 Å². The Labute approximate surface area is 183 Å². The van der Waals surface area contributed by atoms with Gasteiger partial charge >= 0.3 is 5.97 Å². The summed E-state index contributed by atoms with van der Waals surface area (Å²) in [6, 6.07) is 13.2. The second-order valence-corrected chi connectivity index (χ2v) is 8.35. The van der Waals surface area contributed by atoms with Crippen LogP contribution >= 0.6 is 22.9 Å². The minimum absolute atomic E-state index is 0.229. The largest absolute Gasteiger partial charge is 0.462 e. The van der Waals surface area contributed by atoms with Gasteiger partial charge in [0.2, 0.25) is 6.79 Å². The third kappa shape index (κ3) is 4.35. The van der Waals surface area contributed by atoms with Gasteiger partial charge in [-0.15, -0.1) is 11.3 Å². The maximum absolute atomic E-state index is 12.8. The number of thiophene rings is 1. The first kappa shape index (κ1) is 20.4. The van der Waals surface area contributed by atoms with Gasteiger partial charge in [-0.3, -0.25) is 0 Å². The van der Waals surface area contributed by atoms with E-state index >= 15 is 0 Å². The zero-order valence-electron chi connectivity index (χ0n) is 16.6. The molecule has 154 valence electrons. The van der Waals surface area contributed by atoms with Crippen LogP contribution in [0.15, 0.2) is 47.5 Å². The van der Waals surface area contributed by atoms with Gasteiger partial charge in [-0.2, -0.15) is 0 Å². The molecule has 0 bridgehead atoms. The third-order valence-corrected chi connectivity index (χ3v) is 5.96. The number of hydrogen-bond donors (Lipinski definition) is 0. The van der Waals surface area contributed by atoms with Crippen molar-refractivity contribution in [3.63, 3.8) is 0 Å². The molecule has 2 aromatic carbocycles. The molecule has 0 N–H and O–H groups in total. The molecule has 7 heteroatoms. The van der Waals surface area contributed by atoms with Gasteiger partial charge in [-0.1, -0.05) is 29.8 Å². The standard InChI is InChI=1S/C23H20ClNO4S/c1-3-27-23(26)21-18(10-15-7-8-19-20(11-15)29-13-28-19)14(2)30-22(21)25-12-16-5-4-6-17(24)9-16/h4-9,11-12H,3,10,13H2,1-2H3. The van der Waals surface area contributed by atoms with Gasteiger partial charge in [-0.25, -0.2) is 9.79 Å². The molecule has 4 rings (SSSR count). The molecule has 2 heterocycles. The molecular formula is C23H20ClNO4S. The normalized spacial score (nSPS) is 12.5. The van der Waals surface area contributed by atoms with Gasteiger partial charge in [0, 0.05) is 16.1 Å². The van der Waals surface area contributed by atoms with E-state index in [4.69, 9.17) is 25.8 Å². The van der Waals surface area contributed by atoms with Crippen LogP contribution in [-0.4, -0.2) is 25.6 Å². The molecule has 0 radical (unpaired) electrons. The lowest BCUT2D eigenvalue weighted by Crippen LogP contribution is -2.07. The van der Waals surface area contributed by atoms with Crippen LogP contribution in [0.25, 0.3) is 0 Å². The summed E-state index contributed by atoms with van der Waals surface area (Å²) >= 11 is 7.53. The smallest absolute Gasteiger partial charge is 0.341 e. The zero-order chi connectivity index (χ0) is 21.1. The van der Waals surface area contributed by atoms with Crippen molar-refractivity contribution in [2.24, 2.45) is 4.99 Å². The minimum atomic E-state index is -0.365. The number of benzene rings is 2. The van der Waals surface area contributed by atoms with Crippen molar-refractivity contribution >= 4 is 40.1 Å². The molecule has 1 aliphatic heterocycles. The van der Waals surface area contributed by atoms with Crippen LogP contribution in [0.5, 0.6) is 11.5 Å². The number of nitrogens with zero attached hydrogens (tertiary/aromatic N) is 1. The molecule has 3 aromatic rings. The predicted octanol–water partition coefficient (Wildman–Crippen LogP) is 5.96. The van der Waals surface area contributed by atoms with Crippen LogP contribution in [0.3, 0.4) is 0 Å². The number of fused-ring (bicyclic) bond motifs is 1. The molecule has 1 aromatic heterocycles. The maximum atomic E-state index is 12.8. The summed E-state index contributed by atoms with van der Waals surface area (Å²) < 4.78 is 16.2. The lowest BCUT2D eigenvalue weighted by atomic mass is 10.0. The van der Waals surface area contributed by atoms with E-state index in [2.05, 4.69) is 4.99 Å². The van der Waals surface area contributed by atoms with Crippen molar-refractivity contribution in [2.45, 2.75) is 20.3 Å². The Morgan fingerprint density at radius 3 is 2.87 bits per heavy atom. The van der Waals surface area contributed by atoms with Crippen molar-refractivity contribution in [1.29, 1.82) is 0 Å². The molecule has 5 nitrogen and oxygen atoms in total. The summed E-state index contributed by atoms with van der Waals surface area (Å²) in [6.07, 6.45) is 2.28. The molecule has 0 fully saturated rings. The van der Waals surface area contributed by atoms with Crippen LogP contribution in [-0.2, 0) is 11.2 Å².